The number of hydrogen-bond acceptors (Lipinski definition) is 4. The van der Waals surface area contributed by atoms with Crippen molar-refractivity contribution < 1.29 is 19.0 Å². The zero-order valence-corrected chi connectivity index (χ0v) is 15.3. The standard InChI is InChI=1S/C21H21NO4/c1-22-12-16(13-23)17-11-14(6-9-18(17)22)5-7-15-8-10-19(24-2)21(26-4)20(15)25-3/h5-13H,1-4H3/b7-5-. The molecule has 0 radical (unpaired) electrons. The fourth-order valence-electron chi connectivity index (χ4n) is 3.08. The maximum atomic E-state index is 11.3. The first-order chi connectivity index (χ1) is 12.6. The van der Waals surface area contributed by atoms with Crippen LogP contribution in [0.3, 0.4) is 0 Å². The Balaban J connectivity index is 2.02. The minimum atomic E-state index is 0.555. The number of hydrogen-bond donors (Lipinski definition) is 0. The van der Waals surface area contributed by atoms with Crippen LogP contribution in [-0.4, -0.2) is 32.2 Å². The van der Waals surface area contributed by atoms with Crippen molar-refractivity contribution in [1.82, 2.24) is 4.57 Å². The zero-order valence-electron chi connectivity index (χ0n) is 15.3. The number of fused-ring (bicyclic) bond motifs is 1. The van der Waals surface area contributed by atoms with Crippen molar-refractivity contribution in [2.24, 2.45) is 7.05 Å². The van der Waals surface area contributed by atoms with Crippen molar-refractivity contribution in [1.29, 1.82) is 0 Å². The Bertz CT molecular complexity index is 985. The number of methoxy groups -OCH3 is 3. The van der Waals surface area contributed by atoms with Gasteiger partial charge in [-0.15, -0.1) is 0 Å². The van der Waals surface area contributed by atoms with Gasteiger partial charge in [-0.2, -0.15) is 0 Å². The number of benzene rings is 2. The molecule has 134 valence electrons. The lowest BCUT2D eigenvalue weighted by molar-refractivity contribution is 0.112. The van der Waals surface area contributed by atoms with E-state index in [0.29, 0.717) is 22.8 Å². The molecule has 0 spiro atoms. The Kier molecular flexibility index (Phi) is 4.98. The summed E-state index contributed by atoms with van der Waals surface area (Å²) in [7, 11) is 6.70. The second kappa shape index (κ2) is 7.35. The van der Waals surface area contributed by atoms with Crippen molar-refractivity contribution in [2.45, 2.75) is 0 Å². The smallest absolute Gasteiger partial charge is 0.203 e. The van der Waals surface area contributed by atoms with Gasteiger partial charge in [0.05, 0.1) is 21.3 Å². The van der Waals surface area contributed by atoms with Gasteiger partial charge in [-0.05, 0) is 29.8 Å². The van der Waals surface area contributed by atoms with E-state index in [0.717, 1.165) is 28.3 Å². The number of aryl methyl sites for hydroxylation is 1. The third-order valence-electron chi connectivity index (χ3n) is 4.36. The van der Waals surface area contributed by atoms with Crippen LogP contribution in [0.2, 0.25) is 0 Å². The molecule has 0 bridgehead atoms. The molecule has 0 unspecified atom stereocenters. The molecule has 0 amide bonds. The first-order valence-electron chi connectivity index (χ1n) is 8.14. The maximum Gasteiger partial charge on any atom is 0.203 e. The third-order valence-corrected chi connectivity index (χ3v) is 4.36. The Morgan fingerprint density at radius 1 is 0.885 bits per heavy atom. The highest BCUT2D eigenvalue weighted by Gasteiger charge is 2.14. The van der Waals surface area contributed by atoms with Gasteiger partial charge in [0.2, 0.25) is 5.75 Å². The highest BCUT2D eigenvalue weighted by atomic mass is 16.5. The summed E-state index contributed by atoms with van der Waals surface area (Å²) >= 11 is 0. The molecular formula is C21H21NO4. The van der Waals surface area contributed by atoms with Gasteiger partial charge in [-0.1, -0.05) is 18.2 Å². The van der Waals surface area contributed by atoms with E-state index in [1.54, 1.807) is 21.3 Å². The van der Waals surface area contributed by atoms with E-state index >= 15 is 0 Å². The van der Waals surface area contributed by atoms with Gasteiger partial charge in [0, 0.05) is 35.3 Å². The Labute approximate surface area is 152 Å². The van der Waals surface area contributed by atoms with Crippen molar-refractivity contribution in [3.63, 3.8) is 0 Å². The summed E-state index contributed by atoms with van der Waals surface area (Å²) in [4.78, 5) is 11.3. The minimum absolute atomic E-state index is 0.555. The Morgan fingerprint density at radius 2 is 1.65 bits per heavy atom. The molecule has 1 heterocycles. The fraction of sp³-hybridized carbons (Fsp3) is 0.190. The number of ether oxygens (including phenoxy) is 3. The molecule has 0 aliphatic rings. The number of nitrogens with zero attached hydrogens (tertiary/aromatic N) is 1. The molecule has 0 N–H and O–H groups in total. The lowest BCUT2D eigenvalue weighted by atomic mass is 10.1. The molecule has 0 saturated heterocycles. The molecule has 3 rings (SSSR count). The average molecular weight is 351 g/mol. The molecular weight excluding hydrogens is 330 g/mol. The van der Waals surface area contributed by atoms with Gasteiger partial charge in [-0.25, -0.2) is 0 Å². The van der Waals surface area contributed by atoms with Crippen LogP contribution in [0.1, 0.15) is 21.5 Å². The van der Waals surface area contributed by atoms with E-state index in [-0.39, 0.29) is 0 Å². The van der Waals surface area contributed by atoms with Crippen LogP contribution >= 0.6 is 0 Å². The average Bonchev–Trinajstić information content (AvgIpc) is 3.00. The zero-order chi connectivity index (χ0) is 18.7. The monoisotopic (exact) mass is 351 g/mol. The summed E-state index contributed by atoms with van der Waals surface area (Å²) in [6.07, 6.45) is 6.64. The molecule has 0 saturated carbocycles. The second-order valence-electron chi connectivity index (χ2n) is 5.85. The van der Waals surface area contributed by atoms with E-state index in [1.807, 2.05) is 60.3 Å². The van der Waals surface area contributed by atoms with Gasteiger partial charge in [0.1, 0.15) is 0 Å². The molecule has 0 aliphatic carbocycles. The van der Waals surface area contributed by atoms with Crippen LogP contribution in [0.15, 0.2) is 36.5 Å². The van der Waals surface area contributed by atoms with Gasteiger partial charge in [0.25, 0.3) is 0 Å². The van der Waals surface area contributed by atoms with Crippen LogP contribution < -0.4 is 14.2 Å². The van der Waals surface area contributed by atoms with E-state index in [1.165, 1.54) is 0 Å². The number of carbonyl (C=O) groups excluding carboxylic acids is 1. The number of aldehydes is 1. The number of aromatic nitrogens is 1. The molecule has 0 aliphatic heterocycles. The van der Waals surface area contributed by atoms with Crippen molar-refractivity contribution in [3.8, 4) is 17.2 Å². The molecule has 2 aromatic carbocycles. The van der Waals surface area contributed by atoms with Crippen LogP contribution in [-0.2, 0) is 7.05 Å². The van der Waals surface area contributed by atoms with E-state index in [4.69, 9.17) is 14.2 Å². The molecule has 5 heteroatoms. The van der Waals surface area contributed by atoms with Gasteiger partial charge >= 0.3 is 0 Å². The molecule has 3 aromatic rings. The minimum Gasteiger partial charge on any atom is -0.493 e. The van der Waals surface area contributed by atoms with Crippen LogP contribution in [0.4, 0.5) is 0 Å². The fourth-order valence-corrected chi connectivity index (χ4v) is 3.08. The highest BCUT2D eigenvalue weighted by Crippen LogP contribution is 2.40. The maximum absolute atomic E-state index is 11.3. The summed E-state index contributed by atoms with van der Waals surface area (Å²) in [5, 5.41) is 0.934. The first-order valence-corrected chi connectivity index (χ1v) is 8.14. The summed E-state index contributed by atoms with van der Waals surface area (Å²) in [6.45, 7) is 0. The molecule has 0 fully saturated rings. The lowest BCUT2D eigenvalue weighted by Gasteiger charge is -2.14. The van der Waals surface area contributed by atoms with Gasteiger partial charge in [0.15, 0.2) is 17.8 Å². The van der Waals surface area contributed by atoms with E-state index < -0.39 is 0 Å². The van der Waals surface area contributed by atoms with Gasteiger partial charge < -0.3 is 18.8 Å². The largest absolute Gasteiger partial charge is 0.493 e. The normalized spacial score (nSPS) is 11.1. The van der Waals surface area contributed by atoms with Crippen LogP contribution in [0.25, 0.3) is 23.1 Å². The van der Waals surface area contributed by atoms with Crippen molar-refractivity contribution in [2.75, 3.05) is 21.3 Å². The summed E-state index contributed by atoms with van der Waals surface area (Å²) < 4.78 is 18.2. The molecule has 26 heavy (non-hydrogen) atoms. The number of rotatable bonds is 6. The molecule has 1 aromatic heterocycles. The third kappa shape index (κ3) is 3.04. The van der Waals surface area contributed by atoms with Crippen LogP contribution in [0, 0.1) is 0 Å². The predicted molar refractivity (Wildman–Crippen MR) is 103 cm³/mol. The second-order valence-corrected chi connectivity index (χ2v) is 5.85. The highest BCUT2D eigenvalue weighted by molar-refractivity contribution is 5.98. The predicted octanol–water partition coefficient (Wildman–Crippen LogP) is 4.19. The Morgan fingerprint density at radius 3 is 2.31 bits per heavy atom. The summed E-state index contributed by atoms with van der Waals surface area (Å²) in [5.41, 5.74) is 3.56. The summed E-state index contributed by atoms with van der Waals surface area (Å²) in [6, 6.07) is 9.78. The van der Waals surface area contributed by atoms with E-state index in [9.17, 15) is 4.79 Å². The number of carbonyl (C=O) groups is 1. The van der Waals surface area contributed by atoms with Crippen molar-refractivity contribution >= 4 is 29.3 Å². The molecule has 5 nitrogen and oxygen atoms in total. The molecule has 0 atom stereocenters. The van der Waals surface area contributed by atoms with Crippen LogP contribution in [0.5, 0.6) is 17.2 Å². The lowest BCUT2D eigenvalue weighted by Crippen LogP contribution is -1.96. The topological polar surface area (TPSA) is 49.7 Å². The first kappa shape index (κ1) is 17.6. The summed E-state index contributed by atoms with van der Waals surface area (Å²) in [5.74, 6) is 1.78. The van der Waals surface area contributed by atoms with Crippen molar-refractivity contribution in [3.05, 3.63) is 53.2 Å². The van der Waals surface area contributed by atoms with E-state index in [2.05, 4.69) is 0 Å². The SMILES string of the molecule is COc1ccc(/C=C\c2ccc3c(c2)c(C=O)cn3C)c(OC)c1OC. The quantitative estimate of drug-likeness (QED) is 0.494. The Hall–Kier alpha value is -3.21. The van der Waals surface area contributed by atoms with Gasteiger partial charge in [-0.3, -0.25) is 4.79 Å².